The van der Waals surface area contributed by atoms with Gasteiger partial charge in [0, 0.05) is 42.9 Å². The molecule has 1 aliphatic carbocycles. The van der Waals surface area contributed by atoms with E-state index in [-0.39, 0.29) is 16.9 Å². The van der Waals surface area contributed by atoms with Gasteiger partial charge in [0.1, 0.15) is 5.60 Å². The Hall–Kier alpha value is -1.65. The number of hydrogen-bond donors (Lipinski definition) is 0. The first-order valence-electron chi connectivity index (χ1n) is 9.68. The van der Waals surface area contributed by atoms with Crippen molar-refractivity contribution in [2.45, 2.75) is 51.2 Å². The van der Waals surface area contributed by atoms with E-state index in [4.69, 9.17) is 27.9 Å². The molecule has 2 unspecified atom stereocenters. The number of hydrogen-bond acceptors (Lipinski definition) is 2. The Morgan fingerprint density at radius 2 is 1.89 bits per heavy atom. The lowest BCUT2D eigenvalue weighted by Gasteiger charge is -2.39. The lowest BCUT2D eigenvalue weighted by atomic mass is 9.80. The van der Waals surface area contributed by atoms with Crippen LogP contribution in [0.4, 0.5) is 4.79 Å². The van der Waals surface area contributed by atoms with Gasteiger partial charge >= 0.3 is 6.09 Å². The van der Waals surface area contributed by atoms with Gasteiger partial charge in [0.05, 0.1) is 10.0 Å². The normalized spacial score (nSPS) is 26.7. The number of rotatable bonds is 3. The second kappa shape index (κ2) is 6.70. The van der Waals surface area contributed by atoms with Crippen molar-refractivity contribution in [3.63, 3.8) is 0 Å². The van der Waals surface area contributed by atoms with Gasteiger partial charge in [-0.1, -0.05) is 29.3 Å². The molecule has 2 aliphatic rings. The predicted octanol–water partition coefficient (Wildman–Crippen LogP) is 5.76. The summed E-state index contributed by atoms with van der Waals surface area (Å²) < 4.78 is 7.85. The van der Waals surface area contributed by atoms with E-state index < -0.39 is 5.60 Å². The second-order valence-corrected chi connectivity index (χ2v) is 9.99. The Morgan fingerprint density at radius 3 is 2.54 bits per heavy atom. The quantitative estimate of drug-likeness (QED) is 0.631. The first kappa shape index (κ1) is 19.7. The molecule has 0 spiro atoms. The van der Waals surface area contributed by atoms with Crippen molar-refractivity contribution in [2.75, 3.05) is 13.1 Å². The largest absolute Gasteiger partial charge is 0.444 e. The molecule has 1 saturated carbocycles. The molecule has 4 rings (SSSR count). The molecule has 2 atom stereocenters. The van der Waals surface area contributed by atoms with E-state index in [1.807, 2.05) is 49.9 Å². The molecule has 2 fully saturated rings. The maximum atomic E-state index is 12.7. The second-order valence-electron chi connectivity index (χ2n) is 9.18. The van der Waals surface area contributed by atoms with E-state index in [9.17, 15) is 4.79 Å². The number of aromatic nitrogens is 1. The molecule has 0 bridgehead atoms. The number of nitrogens with zero attached hydrogens (tertiary/aromatic N) is 2. The van der Waals surface area contributed by atoms with E-state index in [1.54, 1.807) is 0 Å². The van der Waals surface area contributed by atoms with Gasteiger partial charge < -0.3 is 14.2 Å². The standard InChI is InChI=1S/C22H26Cl2N2O2/c1-20(2,3)28-19(27)26-11-8-22(16-6-7-17(23)18(24)12-16)13-21(22,15-26)14-25-9-4-5-10-25/h4-7,9-10,12H,8,11,13-15H2,1-3H3. The molecule has 1 aromatic carbocycles. The van der Waals surface area contributed by atoms with E-state index >= 15 is 0 Å². The fourth-order valence-electron chi connectivity index (χ4n) is 4.78. The van der Waals surface area contributed by atoms with Crippen LogP contribution < -0.4 is 0 Å². The molecule has 1 saturated heterocycles. The van der Waals surface area contributed by atoms with Gasteiger partial charge in [0.25, 0.3) is 0 Å². The van der Waals surface area contributed by atoms with Gasteiger partial charge in [-0.2, -0.15) is 0 Å². The Kier molecular flexibility index (Phi) is 4.71. The summed E-state index contributed by atoms with van der Waals surface area (Å²) in [5.41, 5.74) is 0.715. The lowest BCUT2D eigenvalue weighted by Crippen LogP contribution is -2.48. The van der Waals surface area contributed by atoms with Crippen LogP contribution in [-0.4, -0.2) is 34.3 Å². The molecule has 1 aromatic heterocycles. The number of ether oxygens (including phenoxy) is 1. The minimum Gasteiger partial charge on any atom is -0.444 e. The highest BCUT2D eigenvalue weighted by atomic mass is 35.5. The van der Waals surface area contributed by atoms with Gasteiger partial charge in [-0.3, -0.25) is 0 Å². The molecular weight excluding hydrogens is 395 g/mol. The van der Waals surface area contributed by atoms with Gasteiger partial charge in [0.2, 0.25) is 0 Å². The van der Waals surface area contributed by atoms with Crippen LogP contribution in [-0.2, 0) is 16.7 Å². The predicted molar refractivity (Wildman–Crippen MR) is 112 cm³/mol. The first-order chi connectivity index (χ1) is 13.1. The minimum atomic E-state index is -0.494. The Labute approximate surface area is 176 Å². The highest BCUT2D eigenvalue weighted by molar-refractivity contribution is 6.42. The average Bonchev–Trinajstić information content (AvgIpc) is 2.99. The molecule has 2 heterocycles. The maximum absolute atomic E-state index is 12.7. The van der Waals surface area contributed by atoms with Crippen molar-refractivity contribution in [2.24, 2.45) is 5.41 Å². The minimum absolute atomic E-state index is 0.0179. The Balaban J connectivity index is 1.64. The smallest absolute Gasteiger partial charge is 0.410 e. The molecule has 150 valence electrons. The fraction of sp³-hybridized carbons (Fsp3) is 0.500. The van der Waals surface area contributed by atoms with Crippen LogP contribution in [0.15, 0.2) is 42.7 Å². The SMILES string of the molecule is CC(C)(C)OC(=O)N1CCC2(c3ccc(Cl)c(Cl)c3)CC2(Cn2cccc2)C1. The molecule has 0 radical (unpaired) electrons. The third kappa shape index (κ3) is 3.42. The van der Waals surface area contributed by atoms with E-state index in [1.165, 1.54) is 5.56 Å². The summed E-state index contributed by atoms with van der Waals surface area (Å²) in [7, 11) is 0. The van der Waals surface area contributed by atoms with Crippen LogP contribution in [0.1, 0.15) is 39.2 Å². The van der Waals surface area contributed by atoms with Crippen LogP contribution in [0.25, 0.3) is 0 Å². The molecule has 4 nitrogen and oxygen atoms in total. The Bertz CT molecular complexity index is 890. The number of fused-ring (bicyclic) bond motifs is 1. The number of carbonyl (C=O) groups excluding carboxylic acids is 1. The van der Waals surface area contributed by atoms with Crippen molar-refractivity contribution >= 4 is 29.3 Å². The van der Waals surface area contributed by atoms with E-state index in [0.717, 1.165) is 19.4 Å². The number of carbonyl (C=O) groups is 1. The summed E-state index contributed by atoms with van der Waals surface area (Å²) in [6.07, 6.45) is 5.85. The monoisotopic (exact) mass is 420 g/mol. The summed E-state index contributed by atoms with van der Waals surface area (Å²) in [6.45, 7) is 7.94. The van der Waals surface area contributed by atoms with Crippen molar-refractivity contribution in [3.8, 4) is 0 Å². The van der Waals surface area contributed by atoms with E-state index in [2.05, 4.69) is 23.0 Å². The van der Waals surface area contributed by atoms with Gasteiger partial charge in [-0.25, -0.2) is 4.79 Å². The zero-order chi connectivity index (χ0) is 20.2. The molecular formula is C22H26Cl2N2O2. The highest BCUT2D eigenvalue weighted by Crippen LogP contribution is 2.69. The van der Waals surface area contributed by atoms with Crippen LogP contribution >= 0.6 is 23.2 Å². The molecule has 0 N–H and O–H groups in total. The maximum Gasteiger partial charge on any atom is 0.410 e. The first-order valence-corrected chi connectivity index (χ1v) is 10.4. The average molecular weight is 421 g/mol. The number of likely N-dealkylation sites (tertiary alicyclic amines) is 1. The molecule has 1 aliphatic heterocycles. The molecule has 28 heavy (non-hydrogen) atoms. The Morgan fingerprint density at radius 1 is 1.18 bits per heavy atom. The highest BCUT2D eigenvalue weighted by Gasteiger charge is 2.70. The molecule has 1 amide bonds. The fourth-order valence-corrected chi connectivity index (χ4v) is 5.07. The number of halogens is 2. The van der Waals surface area contributed by atoms with Gasteiger partial charge in [-0.15, -0.1) is 0 Å². The summed E-state index contributed by atoms with van der Waals surface area (Å²) in [5.74, 6) is 0. The topological polar surface area (TPSA) is 34.5 Å². The number of amides is 1. The number of piperidine rings is 1. The zero-order valence-electron chi connectivity index (χ0n) is 16.5. The third-order valence-electron chi connectivity index (χ3n) is 6.11. The summed E-state index contributed by atoms with van der Waals surface area (Å²) in [6, 6.07) is 10.1. The molecule has 2 aromatic rings. The zero-order valence-corrected chi connectivity index (χ0v) is 18.1. The van der Waals surface area contributed by atoms with Crippen LogP contribution in [0.2, 0.25) is 10.0 Å². The van der Waals surface area contributed by atoms with Gasteiger partial charge in [0.15, 0.2) is 0 Å². The lowest BCUT2D eigenvalue weighted by molar-refractivity contribution is 0.0126. The third-order valence-corrected chi connectivity index (χ3v) is 6.85. The van der Waals surface area contributed by atoms with E-state index in [0.29, 0.717) is 23.1 Å². The van der Waals surface area contributed by atoms with Crippen molar-refractivity contribution in [1.82, 2.24) is 9.47 Å². The molecule has 6 heteroatoms. The van der Waals surface area contributed by atoms with Crippen LogP contribution in [0, 0.1) is 5.41 Å². The van der Waals surface area contributed by atoms with Crippen molar-refractivity contribution in [1.29, 1.82) is 0 Å². The van der Waals surface area contributed by atoms with Crippen LogP contribution in [0.3, 0.4) is 0 Å². The van der Waals surface area contributed by atoms with Crippen molar-refractivity contribution in [3.05, 3.63) is 58.3 Å². The van der Waals surface area contributed by atoms with Crippen LogP contribution in [0.5, 0.6) is 0 Å². The van der Waals surface area contributed by atoms with Crippen molar-refractivity contribution < 1.29 is 9.53 Å². The van der Waals surface area contributed by atoms with Gasteiger partial charge in [-0.05, 0) is 63.4 Å². The summed E-state index contributed by atoms with van der Waals surface area (Å²) in [4.78, 5) is 14.6. The summed E-state index contributed by atoms with van der Waals surface area (Å²) >= 11 is 12.5. The number of benzene rings is 1. The summed E-state index contributed by atoms with van der Waals surface area (Å²) in [5, 5.41) is 1.16.